The first-order valence-electron chi connectivity index (χ1n) is 12.1. The van der Waals surface area contributed by atoms with Crippen LogP contribution in [0.3, 0.4) is 0 Å². The van der Waals surface area contributed by atoms with E-state index < -0.39 is 0 Å². The second-order valence-electron chi connectivity index (χ2n) is 7.97. The third-order valence-corrected chi connectivity index (χ3v) is 5.17. The molecule has 0 aliphatic carbocycles. The molecule has 0 saturated heterocycles. The van der Waals surface area contributed by atoms with Crippen molar-refractivity contribution in [3.63, 3.8) is 0 Å². The van der Waals surface area contributed by atoms with E-state index in [1.807, 2.05) is 60.7 Å². The summed E-state index contributed by atoms with van der Waals surface area (Å²) < 4.78 is 0. The van der Waals surface area contributed by atoms with Gasteiger partial charge < -0.3 is 0 Å². The van der Waals surface area contributed by atoms with Crippen LogP contribution < -0.4 is 0 Å². The summed E-state index contributed by atoms with van der Waals surface area (Å²) in [5.74, 6) is 6.77. The third kappa shape index (κ3) is 12.0. The molecule has 0 saturated carbocycles. The van der Waals surface area contributed by atoms with Crippen LogP contribution in [0.4, 0.5) is 11.4 Å². The summed E-state index contributed by atoms with van der Waals surface area (Å²) in [6.07, 6.45) is 13.2. The molecule has 0 N–H and O–H groups in total. The van der Waals surface area contributed by atoms with Gasteiger partial charge in [-0.3, -0.25) is 4.99 Å². The van der Waals surface area contributed by atoms with Crippen LogP contribution in [-0.2, 0) is 16.5 Å². The summed E-state index contributed by atoms with van der Waals surface area (Å²) in [7, 11) is 0. The molecule has 2 aromatic carbocycles. The van der Waals surface area contributed by atoms with E-state index in [0.717, 1.165) is 54.9 Å². The van der Waals surface area contributed by atoms with Crippen molar-refractivity contribution in [3.8, 4) is 11.8 Å². The van der Waals surface area contributed by atoms with Gasteiger partial charge in [-0.25, -0.2) is 4.99 Å². The van der Waals surface area contributed by atoms with Crippen LogP contribution in [0.2, 0.25) is 0 Å². The molecule has 3 heteroatoms. The van der Waals surface area contributed by atoms with Crippen molar-refractivity contribution >= 4 is 22.8 Å². The van der Waals surface area contributed by atoms with Crippen molar-refractivity contribution in [1.29, 1.82) is 0 Å². The minimum Gasteiger partial charge on any atom is -0.251 e. The number of rotatable bonds is 13. The maximum Gasteiger partial charge on any atom is 0.135 e. The Morgan fingerprint density at radius 3 is 1.78 bits per heavy atom. The zero-order chi connectivity index (χ0) is 22.0. The summed E-state index contributed by atoms with van der Waals surface area (Å²) in [6, 6.07) is 20.2. The molecule has 0 aliphatic heterocycles. The molecule has 0 atom stereocenters. The molecule has 2 rings (SSSR count). The maximum atomic E-state index is 4.93. The van der Waals surface area contributed by atoms with Gasteiger partial charge in [-0.05, 0) is 49.4 Å². The van der Waals surface area contributed by atoms with E-state index in [0.29, 0.717) is 0 Å². The van der Waals surface area contributed by atoms with Crippen molar-refractivity contribution in [2.75, 3.05) is 0 Å². The molecule has 0 unspecified atom stereocenters. The maximum absolute atomic E-state index is 4.93. The van der Waals surface area contributed by atoms with Crippen molar-refractivity contribution < 1.29 is 16.5 Å². The van der Waals surface area contributed by atoms with Gasteiger partial charge in [0.1, 0.15) is 5.71 Å². The largest absolute Gasteiger partial charge is 0.251 e. The summed E-state index contributed by atoms with van der Waals surface area (Å²) in [6.45, 7) is 4.47. The summed E-state index contributed by atoms with van der Waals surface area (Å²) in [5, 5.41) is 0. The van der Waals surface area contributed by atoms with Crippen LogP contribution in [0, 0.1) is 11.8 Å². The molecule has 0 fully saturated rings. The molecule has 2 aromatic rings. The van der Waals surface area contributed by atoms with Gasteiger partial charge in [-0.15, -0.1) is 0 Å². The zero-order valence-corrected chi connectivity index (χ0v) is 20.7. The molecule has 0 bridgehead atoms. The number of aliphatic imine (C=N–C) groups is 2. The van der Waals surface area contributed by atoms with Gasteiger partial charge in [0.25, 0.3) is 0 Å². The van der Waals surface area contributed by atoms with Crippen molar-refractivity contribution in [3.05, 3.63) is 60.7 Å². The molecule has 0 amide bonds. The fraction of sp³-hybridized carbons (Fsp3) is 0.448. The van der Waals surface area contributed by atoms with E-state index >= 15 is 0 Å². The Balaban J connectivity index is 0.00000512. The van der Waals surface area contributed by atoms with E-state index in [-0.39, 0.29) is 16.5 Å². The van der Waals surface area contributed by atoms with Crippen molar-refractivity contribution in [2.45, 2.75) is 84.5 Å². The summed E-state index contributed by atoms with van der Waals surface area (Å²) >= 11 is 0. The van der Waals surface area contributed by atoms with Crippen LogP contribution in [0.1, 0.15) is 84.5 Å². The Kier molecular flexibility index (Phi) is 16.0. The predicted molar refractivity (Wildman–Crippen MR) is 137 cm³/mol. The number of hydrogen-bond donors (Lipinski definition) is 0. The molecule has 0 radical (unpaired) electrons. The van der Waals surface area contributed by atoms with E-state index in [2.05, 4.69) is 25.7 Å². The fourth-order valence-corrected chi connectivity index (χ4v) is 3.34. The fourth-order valence-electron chi connectivity index (χ4n) is 3.34. The average Bonchev–Trinajstić information content (AvgIpc) is 2.81. The number of benzene rings is 2. The van der Waals surface area contributed by atoms with Gasteiger partial charge in [0, 0.05) is 22.9 Å². The first-order chi connectivity index (χ1) is 15.3. The third-order valence-electron chi connectivity index (χ3n) is 5.17. The van der Waals surface area contributed by atoms with Crippen LogP contribution in [-0.4, -0.2) is 11.4 Å². The van der Waals surface area contributed by atoms with Gasteiger partial charge in [-0.1, -0.05) is 101 Å². The Labute approximate surface area is 206 Å². The predicted octanol–water partition coefficient (Wildman–Crippen LogP) is 8.86. The van der Waals surface area contributed by atoms with E-state index in [1.54, 1.807) is 0 Å². The van der Waals surface area contributed by atoms with Gasteiger partial charge in [-0.2, -0.15) is 0 Å². The van der Waals surface area contributed by atoms with Crippen molar-refractivity contribution in [2.24, 2.45) is 9.98 Å². The Bertz CT molecular complexity index is 845. The summed E-state index contributed by atoms with van der Waals surface area (Å²) in [5.41, 5.74) is 3.69. The molecule has 0 spiro atoms. The Morgan fingerprint density at radius 1 is 0.656 bits per heavy atom. The van der Waals surface area contributed by atoms with Crippen molar-refractivity contribution in [1.82, 2.24) is 0 Å². The number of nitrogens with zero attached hydrogens (tertiary/aromatic N) is 2. The Hall–Kier alpha value is -2.17. The summed E-state index contributed by atoms with van der Waals surface area (Å²) in [4.78, 5) is 9.82. The molecule has 2 nitrogen and oxygen atoms in total. The van der Waals surface area contributed by atoms with Gasteiger partial charge in [0.15, 0.2) is 0 Å². The van der Waals surface area contributed by atoms with Crippen LogP contribution in [0.25, 0.3) is 0 Å². The number of hydrogen-bond acceptors (Lipinski definition) is 2. The SMILES string of the molecule is CCCCCCCCCC#CC(=Nc1ccccc1)C(CCCC)=Nc1ccccc1.[Ni]. The molecule has 32 heavy (non-hydrogen) atoms. The monoisotopic (exact) mass is 472 g/mol. The normalized spacial score (nSPS) is 11.4. The average molecular weight is 473 g/mol. The molecular formula is C29H38N2Ni. The molecule has 0 aliphatic rings. The van der Waals surface area contributed by atoms with Gasteiger partial charge >= 0.3 is 0 Å². The molecule has 0 aromatic heterocycles. The standard InChI is InChI=1S/C29H38N2.Ni/c1-3-5-7-8-9-10-11-12-19-25-29(31-27-22-17-14-18-23-27)28(24-6-4-2)30-26-20-15-13-16-21-26;/h13-18,20-23H,3-12,24H2,1-2H3;. The van der Waals surface area contributed by atoms with Crippen LogP contribution >= 0.6 is 0 Å². The quantitative estimate of drug-likeness (QED) is 0.120. The Morgan fingerprint density at radius 2 is 1.19 bits per heavy atom. The van der Waals surface area contributed by atoms with Crippen LogP contribution in [0.5, 0.6) is 0 Å². The zero-order valence-electron chi connectivity index (χ0n) is 19.8. The molecule has 174 valence electrons. The molecule has 0 heterocycles. The van der Waals surface area contributed by atoms with E-state index in [4.69, 9.17) is 9.98 Å². The van der Waals surface area contributed by atoms with Gasteiger partial charge in [0.05, 0.1) is 17.1 Å². The number of unbranched alkanes of at least 4 members (excludes halogenated alkanes) is 8. The topological polar surface area (TPSA) is 24.7 Å². The first-order valence-corrected chi connectivity index (χ1v) is 12.1. The smallest absolute Gasteiger partial charge is 0.135 e. The van der Waals surface area contributed by atoms with Gasteiger partial charge in [0.2, 0.25) is 0 Å². The minimum absolute atomic E-state index is 0. The molecular weight excluding hydrogens is 435 g/mol. The van der Waals surface area contributed by atoms with E-state index in [9.17, 15) is 0 Å². The first kappa shape index (κ1) is 27.9. The second kappa shape index (κ2) is 18.4. The van der Waals surface area contributed by atoms with E-state index in [1.165, 1.54) is 38.5 Å². The number of para-hydroxylation sites is 2. The second-order valence-corrected chi connectivity index (χ2v) is 7.97. The van der Waals surface area contributed by atoms with Crippen LogP contribution in [0.15, 0.2) is 70.6 Å². The minimum atomic E-state index is 0.